The van der Waals surface area contributed by atoms with Gasteiger partial charge >= 0.3 is 0 Å². The SMILES string of the molecule is CC1CCN(Cc2c(-c3ccncc3)nc3ccc(N)cn23)CC1. The van der Waals surface area contributed by atoms with Crippen LogP contribution in [0.1, 0.15) is 25.5 Å². The van der Waals surface area contributed by atoms with Crippen molar-refractivity contribution in [1.29, 1.82) is 0 Å². The van der Waals surface area contributed by atoms with E-state index in [9.17, 15) is 0 Å². The lowest BCUT2D eigenvalue weighted by Gasteiger charge is -2.30. The number of nitrogens with zero attached hydrogens (tertiary/aromatic N) is 4. The Bertz CT molecular complexity index is 832. The molecule has 5 nitrogen and oxygen atoms in total. The van der Waals surface area contributed by atoms with Crippen LogP contribution < -0.4 is 5.73 Å². The highest BCUT2D eigenvalue weighted by atomic mass is 15.2. The summed E-state index contributed by atoms with van der Waals surface area (Å²) in [5, 5.41) is 0. The first-order chi connectivity index (χ1) is 11.7. The van der Waals surface area contributed by atoms with E-state index in [1.165, 1.54) is 18.5 Å². The molecule has 0 spiro atoms. The molecule has 5 heteroatoms. The summed E-state index contributed by atoms with van der Waals surface area (Å²) in [7, 11) is 0. The maximum atomic E-state index is 6.02. The zero-order valence-corrected chi connectivity index (χ0v) is 14.0. The number of anilines is 1. The molecule has 4 rings (SSSR count). The van der Waals surface area contributed by atoms with E-state index in [1.807, 2.05) is 42.9 Å². The second-order valence-corrected chi connectivity index (χ2v) is 6.79. The van der Waals surface area contributed by atoms with Crippen LogP contribution in [0.25, 0.3) is 16.9 Å². The summed E-state index contributed by atoms with van der Waals surface area (Å²) in [6, 6.07) is 7.94. The maximum absolute atomic E-state index is 6.02. The van der Waals surface area contributed by atoms with Crippen molar-refractivity contribution >= 4 is 11.3 Å². The summed E-state index contributed by atoms with van der Waals surface area (Å²) < 4.78 is 2.14. The van der Waals surface area contributed by atoms with Gasteiger partial charge in [-0.2, -0.15) is 0 Å². The van der Waals surface area contributed by atoms with Gasteiger partial charge < -0.3 is 10.1 Å². The van der Waals surface area contributed by atoms with E-state index in [0.717, 1.165) is 48.1 Å². The molecule has 0 amide bonds. The number of likely N-dealkylation sites (tertiary alicyclic amines) is 1. The first-order valence-corrected chi connectivity index (χ1v) is 8.60. The number of pyridine rings is 2. The van der Waals surface area contributed by atoms with Gasteiger partial charge in [-0.15, -0.1) is 0 Å². The monoisotopic (exact) mass is 321 g/mol. The summed E-state index contributed by atoms with van der Waals surface area (Å²) in [6.45, 7) is 5.53. The molecule has 0 aliphatic carbocycles. The first-order valence-electron chi connectivity index (χ1n) is 8.60. The molecule has 1 aliphatic rings. The van der Waals surface area contributed by atoms with Crippen LogP contribution in [0.5, 0.6) is 0 Å². The molecule has 2 N–H and O–H groups in total. The first kappa shape index (κ1) is 15.1. The Kier molecular flexibility index (Phi) is 3.94. The number of fused-ring (bicyclic) bond motifs is 1. The summed E-state index contributed by atoms with van der Waals surface area (Å²) in [5.74, 6) is 0.832. The number of aromatic nitrogens is 3. The van der Waals surface area contributed by atoms with Crippen LogP contribution in [-0.4, -0.2) is 32.4 Å². The molecule has 3 aromatic rings. The zero-order valence-electron chi connectivity index (χ0n) is 14.0. The van der Waals surface area contributed by atoms with Crippen molar-refractivity contribution in [1.82, 2.24) is 19.3 Å². The molecule has 0 saturated carbocycles. The van der Waals surface area contributed by atoms with Gasteiger partial charge in [-0.05, 0) is 56.1 Å². The summed E-state index contributed by atoms with van der Waals surface area (Å²) in [4.78, 5) is 11.5. The highest BCUT2D eigenvalue weighted by molar-refractivity contribution is 5.67. The summed E-state index contributed by atoms with van der Waals surface area (Å²) in [5.41, 5.74) is 11.1. The van der Waals surface area contributed by atoms with Crippen molar-refractivity contribution in [2.24, 2.45) is 5.92 Å². The fourth-order valence-electron chi connectivity index (χ4n) is 3.43. The average molecular weight is 321 g/mol. The number of imidazole rings is 1. The number of rotatable bonds is 3. The fourth-order valence-corrected chi connectivity index (χ4v) is 3.43. The van der Waals surface area contributed by atoms with Crippen molar-refractivity contribution in [2.75, 3.05) is 18.8 Å². The van der Waals surface area contributed by atoms with E-state index < -0.39 is 0 Å². The lowest BCUT2D eigenvalue weighted by molar-refractivity contribution is 0.183. The van der Waals surface area contributed by atoms with Crippen molar-refractivity contribution < 1.29 is 0 Å². The number of hydrogen-bond donors (Lipinski definition) is 1. The Labute approximate surface area is 142 Å². The van der Waals surface area contributed by atoms with Gasteiger partial charge in [0.1, 0.15) is 5.65 Å². The van der Waals surface area contributed by atoms with Gasteiger partial charge in [0.05, 0.1) is 11.4 Å². The van der Waals surface area contributed by atoms with Crippen LogP contribution in [-0.2, 0) is 6.54 Å². The molecule has 3 aromatic heterocycles. The predicted octanol–water partition coefficient (Wildman–Crippen LogP) is 3.21. The summed E-state index contributed by atoms with van der Waals surface area (Å²) in [6.07, 6.45) is 8.15. The molecule has 0 radical (unpaired) electrons. The third-order valence-electron chi connectivity index (χ3n) is 4.94. The topological polar surface area (TPSA) is 59.5 Å². The van der Waals surface area contributed by atoms with Crippen LogP contribution in [0.3, 0.4) is 0 Å². The molecule has 1 aliphatic heterocycles. The second kappa shape index (κ2) is 6.24. The highest BCUT2D eigenvalue weighted by Crippen LogP contribution is 2.27. The van der Waals surface area contributed by atoms with E-state index in [0.29, 0.717) is 0 Å². The van der Waals surface area contributed by atoms with Gasteiger partial charge in [-0.3, -0.25) is 9.88 Å². The molecule has 0 aromatic carbocycles. The lowest BCUT2D eigenvalue weighted by Crippen LogP contribution is -2.32. The maximum Gasteiger partial charge on any atom is 0.137 e. The average Bonchev–Trinajstić information content (AvgIpc) is 2.95. The largest absolute Gasteiger partial charge is 0.398 e. The number of nitrogens with two attached hydrogens (primary N) is 1. The molecule has 124 valence electrons. The predicted molar refractivity (Wildman–Crippen MR) is 96.5 cm³/mol. The number of piperidine rings is 1. The number of hydrogen-bond acceptors (Lipinski definition) is 4. The fraction of sp³-hybridized carbons (Fsp3) is 0.368. The smallest absolute Gasteiger partial charge is 0.137 e. The molecular weight excluding hydrogens is 298 g/mol. The third-order valence-corrected chi connectivity index (χ3v) is 4.94. The van der Waals surface area contributed by atoms with Crippen molar-refractivity contribution in [2.45, 2.75) is 26.3 Å². The van der Waals surface area contributed by atoms with Crippen LogP contribution in [0, 0.1) is 5.92 Å². The molecule has 0 unspecified atom stereocenters. The quantitative estimate of drug-likeness (QED) is 0.805. The van der Waals surface area contributed by atoms with E-state index in [2.05, 4.69) is 21.2 Å². The van der Waals surface area contributed by atoms with Gasteiger partial charge in [0.25, 0.3) is 0 Å². The van der Waals surface area contributed by atoms with E-state index in [4.69, 9.17) is 10.7 Å². The van der Waals surface area contributed by atoms with Crippen molar-refractivity contribution in [3.05, 3.63) is 48.5 Å². The van der Waals surface area contributed by atoms with Gasteiger partial charge in [0.15, 0.2) is 0 Å². The van der Waals surface area contributed by atoms with Crippen LogP contribution in [0.2, 0.25) is 0 Å². The Morgan fingerprint density at radius 3 is 2.62 bits per heavy atom. The molecule has 4 heterocycles. The van der Waals surface area contributed by atoms with Crippen LogP contribution in [0.15, 0.2) is 42.9 Å². The van der Waals surface area contributed by atoms with Gasteiger partial charge in [-0.25, -0.2) is 4.98 Å². The Balaban J connectivity index is 1.77. The molecule has 1 saturated heterocycles. The Hall–Kier alpha value is -2.40. The van der Waals surface area contributed by atoms with Gasteiger partial charge in [-0.1, -0.05) is 6.92 Å². The van der Waals surface area contributed by atoms with E-state index in [-0.39, 0.29) is 0 Å². The van der Waals surface area contributed by atoms with Crippen molar-refractivity contribution in [3.8, 4) is 11.3 Å². The summed E-state index contributed by atoms with van der Waals surface area (Å²) >= 11 is 0. The molecule has 24 heavy (non-hydrogen) atoms. The zero-order chi connectivity index (χ0) is 16.5. The minimum absolute atomic E-state index is 0.759. The molecule has 1 fully saturated rings. The van der Waals surface area contributed by atoms with E-state index in [1.54, 1.807) is 0 Å². The Morgan fingerprint density at radius 2 is 1.88 bits per heavy atom. The third kappa shape index (κ3) is 2.87. The normalized spacial score (nSPS) is 16.7. The van der Waals surface area contributed by atoms with Crippen LogP contribution in [0.4, 0.5) is 5.69 Å². The molecule has 0 atom stereocenters. The van der Waals surface area contributed by atoms with Crippen LogP contribution >= 0.6 is 0 Å². The van der Waals surface area contributed by atoms with E-state index >= 15 is 0 Å². The lowest BCUT2D eigenvalue weighted by atomic mass is 9.99. The number of nitrogen functional groups attached to an aromatic ring is 1. The molecule has 0 bridgehead atoms. The molecular formula is C19H23N5. The standard InChI is InChI=1S/C19H23N5/c1-14-6-10-23(11-7-14)13-17-19(15-4-8-21-9-5-15)22-18-3-2-16(20)12-24(17)18/h2-5,8-9,12,14H,6-7,10-11,13,20H2,1H3. The van der Waals surface area contributed by atoms with Crippen molar-refractivity contribution in [3.63, 3.8) is 0 Å². The second-order valence-electron chi connectivity index (χ2n) is 6.79. The van der Waals surface area contributed by atoms with Gasteiger partial charge in [0, 0.05) is 36.4 Å². The minimum Gasteiger partial charge on any atom is -0.398 e. The highest BCUT2D eigenvalue weighted by Gasteiger charge is 2.20. The minimum atomic E-state index is 0.759. The Morgan fingerprint density at radius 1 is 1.12 bits per heavy atom. The van der Waals surface area contributed by atoms with Gasteiger partial charge in [0.2, 0.25) is 0 Å².